The standard InChI is InChI=1S/C17H24N2O4/c1-11-12(15(21)23-5)7-6-8-13(11)19-14(20)9-10-18-16(22)17(2,3)4/h6-8H,9-10H2,1-5H3,(H,18,22)(H,19,20). The van der Waals surface area contributed by atoms with Crippen molar-refractivity contribution in [3.05, 3.63) is 29.3 Å². The summed E-state index contributed by atoms with van der Waals surface area (Å²) in [4.78, 5) is 35.3. The fourth-order valence-corrected chi connectivity index (χ4v) is 1.87. The van der Waals surface area contributed by atoms with Crippen LogP contribution in [0.4, 0.5) is 5.69 Å². The highest BCUT2D eigenvalue weighted by Crippen LogP contribution is 2.19. The summed E-state index contributed by atoms with van der Waals surface area (Å²) in [5.41, 5.74) is 1.12. The Balaban J connectivity index is 2.62. The average Bonchev–Trinajstić information content (AvgIpc) is 2.47. The van der Waals surface area contributed by atoms with Gasteiger partial charge < -0.3 is 15.4 Å². The number of anilines is 1. The Hall–Kier alpha value is -2.37. The van der Waals surface area contributed by atoms with E-state index in [9.17, 15) is 14.4 Å². The van der Waals surface area contributed by atoms with Crippen LogP contribution in [0.1, 0.15) is 43.1 Å². The monoisotopic (exact) mass is 320 g/mol. The first-order valence-electron chi connectivity index (χ1n) is 7.43. The van der Waals surface area contributed by atoms with E-state index < -0.39 is 11.4 Å². The second kappa shape index (κ2) is 7.76. The van der Waals surface area contributed by atoms with Gasteiger partial charge in [-0.2, -0.15) is 0 Å². The zero-order chi connectivity index (χ0) is 17.6. The number of nitrogens with one attached hydrogen (secondary N) is 2. The molecule has 126 valence electrons. The third-order valence-electron chi connectivity index (χ3n) is 3.33. The molecule has 0 aromatic heterocycles. The maximum atomic E-state index is 12.0. The number of esters is 1. The molecule has 0 aliphatic carbocycles. The molecule has 0 aliphatic rings. The SMILES string of the molecule is COC(=O)c1cccc(NC(=O)CCNC(=O)C(C)(C)C)c1C. The summed E-state index contributed by atoms with van der Waals surface area (Å²) in [7, 11) is 1.31. The molecule has 0 heterocycles. The summed E-state index contributed by atoms with van der Waals surface area (Å²) >= 11 is 0. The molecule has 2 amide bonds. The molecule has 1 rings (SSSR count). The van der Waals surface area contributed by atoms with Crippen molar-refractivity contribution in [2.45, 2.75) is 34.1 Å². The van der Waals surface area contributed by atoms with E-state index in [2.05, 4.69) is 10.6 Å². The smallest absolute Gasteiger partial charge is 0.338 e. The Kier molecular flexibility index (Phi) is 6.30. The van der Waals surface area contributed by atoms with Gasteiger partial charge in [0.05, 0.1) is 12.7 Å². The number of amides is 2. The molecule has 0 spiro atoms. The van der Waals surface area contributed by atoms with Gasteiger partial charge >= 0.3 is 5.97 Å². The van der Waals surface area contributed by atoms with Gasteiger partial charge in [-0.05, 0) is 24.6 Å². The largest absolute Gasteiger partial charge is 0.465 e. The van der Waals surface area contributed by atoms with Crippen molar-refractivity contribution in [3.63, 3.8) is 0 Å². The fraction of sp³-hybridized carbons (Fsp3) is 0.471. The zero-order valence-corrected chi connectivity index (χ0v) is 14.3. The Morgan fingerprint density at radius 2 is 1.83 bits per heavy atom. The van der Waals surface area contributed by atoms with Crippen LogP contribution < -0.4 is 10.6 Å². The first kappa shape index (κ1) is 18.7. The van der Waals surface area contributed by atoms with Crippen LogP contribution in [0.15, 0.2) is 18.2 Å². The summed E-state index contributed by atoms with van der Waals surface area (Å²) in [5.74, 6) is -0.783. The summed E-state index contributed by atoms with van der Waals surface area (Å²) in [6, 6.07) is 5.03. The second-order valence-corrected chi connectivity index (χ2v) is 6.27. The van der Waals surface area contributed by atoms with E-state index in [0.717, 1.165) is 0 Å². The molecular weight excluding hydrogens is 296 g/mol. The predicted octanol–water partition coefficient (Wildman–Crippen LogP) is 2.27. The fourth-order valence-electron chi connectivity index (χ4n) is 1.87. The van der Waals surface area contributed by atoms with Gasteiger partial charge in [0.25, 0.3) is 0 Å². The van der Waals surface area contributed by atoms with Gasteiger partial charge in [0, 0.05) is 24.1 Å². The maximum Gasteiger partial charge on any atom is 0.338 e. The zero-order valence-electron chi connectivity index (χ0n) is 14.3. The minimum atomic E-state index is -0.484. The van der Waals surface area contributed by atoms with Crippen molar-refractivity contribution in [1.29, 1.82) is 0 Å². The molecule has 0 saturated carbocycles. The molecule has 0 unspecified atom stereocenters. The lowest BCUT2D eigenvalue weighted by Gasteiger charge is -2.17. The number of carbonyl (C=O) groups excluding carboxylic acids is 3. The number of benzene rings is 1. The first-order valence-corrected chi connectivity index (χ1v) is 7.43. The number of rotatable bonds is 5. The van der Waals surface area contributed by atoms with Crippen LogP contribution in [0.3, 0.4) is 0 Å². The summed E-state index contributed by atoms with van der Waals surface area (Å²) < 4.78 is 4.70. The van der Waals surface area contributed by atoms with Crippen molar-refractivity contribution in [2.75, 3.05) is 19.0 Å². The van der Waals surface area contributed by atoms with Crippen molar-refractivity contribution in [2.24, 2.45) is 5.41 Å². The van der Waals surface area contributed by atoms with Crippen LogP contribution in [-0.2, 0) is 14.3 Å². The molecule has 0 fully saturated rings. The van der Waals surface area contributed by atoms with Gasteiger partial charge in [0.1, 0.15) is 0 Å². The Bertz CT molecular complexity index is 603. The number of hydrogen-bond donors (Lipinski definition) is 2. The first-order chi connectivity index (χ1) is 10.7. The van der Waals surface area contributed by atoms with E-state index in [1.165, 1.54) is 7.11 Å². The molecule has 6 nitrogen and oxygen atoms in total. The van der Waals surface area contributed by atoms with Crippen LogP contribution >= 0.6 is 0 Å². The molecule has 6 heteroatoms. The molecule has 0 saturated heterocycles. The van der Waals surface area contributed by atoms with E-state index in [-0.39, 0.29) is 24.8 Å². The van der Waals surface area contributed by atoms with Crippen LogP contribution in [0, 0.1) is 12.3 Å². The summed E-state index contributed by atoms with van der Waals surface area (Å²) in [6.45, 7) is 7.43. The molecule has 0 aliphatic heterocycles. The Labute approximate surface area is 136 Å². The summed E-state index contributed by atoms with van der Waals surface area (Å²) in [5, 5.41) is 5.46. The Morgan fingerprint density at radius 1 is 1.17 bits per heavy atom. The third kappa shape index (κ3) is 5.39. The molecule has 2 N–H and O–H groups in total. The highest BCUT2D eigenvalue weighted by Gasteiger charge is 2.20. The molecule has 0 radical (unpaired) electrons. The van der Waals surface area contributed by atoms with E-state index in [0.29, 0.717) is 16.8 Å². The Morgan fingerprint density at radius 3 is 2.39 bits per heavy atom. The highest BCUT2D eigenvalue weighted by atomic mass is 16.5. The lowest BCUT2D eigenvalue weighted by atomic mass is 9.96. The molecule has 1 aromatic carbocycles. The molecule has 1 aromatic rings. The van der Waals surface area contributed by atoms with E-state index >= 15 is 0 Å². The van der Waals surface area contributed by atoms with Crippen molar-refractivity contribution >= 4 is 23.5 Å². The normalized spacial score (nSPS) is 10.8. The highest BCUT2D eigenvalue weighted by molar-refractivity contribution is 5.96. The van der Waals surface area contributed by atoms with Gasteiger partial charge in [-0.3, -0.25) is 9.59 Å². The number of hydrogen-bond acceptors (Lipinski definition) is 4. The van der Waals surface area contributed by atoms with Crippen LogP contribution in [0.5, 0.6) is 0 Å². The van der Waals surface area contributed by atoms with Crippen molar-refractivity contribution in [3.8, 4) is 0 Å². The number of methoxy groups -OCH3 is 1. The average molecular weight is 320 g/mol. The minimum absolute atomic E-state index is 0.103. The van der Waals surface area contributed by atoms with Gasteiger partial charge in [0.15, 0.2) is 0 Å². The van der Waals surface area contributed by atoms with Crippen molar-refractivity contribution < 1.29 is 19.1 Å². The molecule has 0 bridgehead atoms. The molecule has 23 heavy (non-hydrogen) atoms. The maximum absolute atomic E-state index is 12.0. The van der Waals surface area contributed by atoms with Gasteiger partial charge in [-0.15, -0.1) is 0 Å². The number of carbonyl (C=O) groups is 3. The topological polar surface area (TPSA) is 84.5 Å². The third-order valence-corrected chi connectivity index (χ3v) is 3.33. The molecule has 0 atom stereocenters. The van der Waals surface area contributed by atoms with Crippen LogP contribution in [0.2, 0.25) is 0 Å². The minimum Gasteiger partial charge on any atom is -0.465 e. The van der Waals surface area contributed by atoms with E-state index in [1.807, 2.05) is 20.8 Å². The predicted molar refractivity (Wildman–Crippen MR) is 88.2 cm³/mol. The summed E-state index contributed by atoms with van der Waals surface area (Å²) in [6.07, 6.45) is 0.156. The van der Waals surface area contributed by atoms with E-state index in [4.69, 9.17) is 4.74 Å². The van der Waals surface area contributed by atoms with Crippen molar-refractivity contribution in [1.82, 2.24) is 5.32 Å². The quantitative estimate of drug-likeness (QED) is 0.815. The van der Waals surface area contributed by atoms with Crippen LogP contribution in [0.25, 0.3) is 0 Å². The second-order valence-electron chi connectivity index (χ2n) is 6.27. The van der Waals surface area contributed by atoms with E-state index in [1.54, 1.807) is 25.1 Å². The van der Waals surface area contributed by atoms with Gasteiger partial charge in [-0.1, -0.05) is 26.8 Å². The lowest BCUT2D eigenvalue weighted by Crippen LogP contribution is -2.36. The molecular formula is C17H24N2O4. The lowest BCUT2D eigenvalue weighted by molar-refractivity contribution is -0.128. The van der Waals surface area contributed by atoms with Gasteiger partial charge in [-0.25, -0.2) is 4.79 Å². The number of ether oxygens (including phenoxy) is 1. The van der Waals surface area contributed by atoms with Gasteiger partial charge in [0.2, 0.25) is 11.8 Å². The van der Waals surface area contributed by atoms with Crippen LogP contribution in [-0.4, -0.2) is 31.4 Å².